The van der Waals surface area contributed by atoms with Gasteiger partial charge in [0.1, 0.15) is 0 Å². The number of carboxylic acids is 1. The molecule has 4 heteroatoms. The van der Waals surface area contributed by atoms with E-state index in [-0.39, 0.29) is 6.54 Å². The highest BCUT2D eigenvalue weighted by Crippen LogP contribution is 2.26. The maximum Gasteiger partial charge on any atom is 0.317 e. The number of benzene rings is 1. The van der Waals surface area contributed by atoms with Crippen LogP contribution in [0.3, 0.4) is 0 Å². The van der Waals surface area contributed by atoms with E-state index in [1.807, 2.05) is 6.92 Å². The van der Waals surface area contributed by atoms with Crippen LogP contribution in [-0.2, 0) is 24.2 Å². The van der Waals surface area contributed by atoms with E-state index < -0.39 is 5.97 Å². The van der Waals surface area contributed by atoms with Gasteiger partial charge >= 0.3 is 5.97 Å². The number of nitrogens with zero attached hydrogens (tertiary/aromatic N) is 1. The van der Waals surface area contributed by atoms with Crippen molar-refractivity contribution in [1.82, 2.24) is 10.2 Å². The van der Waals surface area contributed by atoms with Gasteiger partial charge in [-0.05, 0) is 61.8 Å². The first kappa shape index (κ1) is 16.5. The third kappa shape index (κ3) is 4.12. The molecule has 0 spiro atoms. The van der Waals surface area contributed by atoms with E-state index >= 15 is 0 Å². The number of carboxylic acid groups (broad SMARTS) is 1. The smallest absolute Gasteiger partial charge is 0.317 e. The van der Waals surface area contributed by atoms with Crippen molar-refractivity contribution in [1.29, 1.82) is 0 Å². The van der Waals surface area contributed by atoms with E-state index in [2.05, 4.69) is 28.4 Å². The Labute approximate surface area is 138 Å². The van der Waals surface area contributed by atoms with Crippen LogP contribution in [0.2, 0.25) is 0 Å². The zero-order valence-corrected chi connectivity index (χ0v) is 14.1. The van der Waals surface area contributed by atoms with Crippen molar-refractivity contribution in [3.8, 4) is 0 Å². The maximum atomic E-state index is 10.9. The van der Waals surface area contributed by atoms with E-state index in [1.165, 1.54) is 36.8 Å². The number of hydrogen-bond acceptors (Lipinski definition) is 3. The van der Waals surface area contributed by atoms with Crippen molar-refractivity contribution >= 4 is 5.97 Å². The van der Waals surface area contributed by atoms with Crippen LogP contribution in [0.25, 0.3) is 0 Å². The van der Waals surface area contributed by atoms with Crippen LogP contribution < -0.4 is 5.32 Å². The van der Waals surface area contributed by atoms with Crippen molar-refractivity contribution in [3.63, 3.8) is 0 Å². The molecule has 0 heterocycles. The predicted octanol–water partition coefficient (Wildman–Crippen LogP) is 2.59. The molecule has 0 amide bonds. The lowest BCUT2D eigenvalue weighted by atomic mass is 9.85. The highest BCUT2D eigenvalue weighted by Gasteiger charge is 2.33. The second-order valence-corrected chi connectivity index (χ2v) is 6.97. The summed E-state index contributed by atoms with van der Waals surface area (Å²) in [5.74, 6) is -0.725. The normalized spacial score (nSPS) is 23.4. The van der Waals surface area contributed by atoms with Crippen LogP contribution in [0.5, 0.6) is 0 Å². The highest BCUT2D eigenvalue weighted by molar-refractivity contribution is 5.69. The van der Waals surface area contributed by atoms with Crippen LogP contribution >= 0.6 is 0 Å². The molecule has 2 N–H and O–H groups in total. The van der Waals surface area contributed by atoms with Crippen molar-refractivity contribution in [3.05, 3.63) is 34.9 Å². The number of fused-ring (bicyclic) bond motifs is 1. The Balaban J connectivity index is 1.45. The van der Waals surface area contributed by atoms with Crippen LogP contribution in [0, 0.1) is 0 Å². The number of aryl methyl sites for hydroxylation is 2. The fourth-order valence-electron chi connectivity index (χ4n) is 3.88. The summed E-state index contributed by atoms with van der Waals surface area (Å²) >= 11 is 0. The van der Waals surface area contributed by atoms with Crippen molar-refractivity contribution < 1.29 is 9.90 Å². The number of rotatable bonds is 7. The Morgan fingerprint density at radius 2 is 2.00 bits per heavy atom. The molecule has 0 aliphatic heterocycles. The first-order valence-corrected chi connectivity index (χ1v) is 8.95. The van der Waals surface area contributed by atoms with Crippen molar-refractivity contribution in [2.45, 2.75) is 64.1 Å². The quantitative estimate of drug-likeness (QED) is 0.812. The second-order valence-electron chi connectivity index (χ2n) is 6.97. The van der Waals surface area contributed by atoms with E-state index in [4.69, 9.17) is 5.11 Å². The van der Waals surface area contributed by atoms with Gasteiger partial charge in [0.05, 0.1) is 6.54 Å². The summed E-state index contributed by atoms with van der Waals surface area (Å²) in [4.78, 5) is 12.9. The van der Waals surface area contributed by atoms with Crippen molar-refractivity contribution in [2.24, 2.45) is 0 Å². The molecule has 0 unspecified atom stereocenters. The van der Waals surface area contributed by atoms with Gasteiger partial charge in [-0.3, -0.25) is 9.69 Å². The molecule has 0 saturated heterocycles. The Hall–Kier alpha value is -1.39. The minimum Gasteiger partial charge on any atom is -0.480 e. The molecule has 0 bridgehead atoms. The van der Waals surface area contributed by atoms with Gasteiger partial charge in [0.2, 0.25) is 0 Å². The van der Waals surface area contributed by atoms with Crippen molar-refractivity contribution in [2.75, 3.05) is 13.1 Å². The van der Waals surface area contributed by atoms with Gasteiger partial charge in [-0.1, -0.05) is 25.1 Å². The first-order valence-electron chi connectivity index (χ1n) is 8.95. The van der Waals surface area contributed by atoms with Crippen LogP contribution in [0.4, 0.5) is 0 Å². The molecule has 2 aliphatic carbocycles. The summed E-state index contributed by atoms with van der Waals surface area (Å²) < 4.78 is 0. The molecule has 1 aromatic rings. The summed E-state index contributed by atoms with van der Waals surface area (Å²) in [7, 11) is 0. The molecule has 126 valence electrons. The number of aliphatic carboxylic acids is 1. The molecule has 0 aromatic heterocycles. The first-order chi connectivity index (χ1) is 11.2. The SMILES string of the molecule is CCN(CC(=O)O)C1CC(NCc2ccc3c(c2)CCCC3)C1. The molecule has 4 nitrogen and oxygen atoms in total. The topological polar surface area (TPSA) is 52.6 Å². The largest absolute Gasteiger partial charge is 0.480 e. The van der Waals surface area contributed by atoms with Gasteiger partial charge in [0.25, 0.3) is 0 Å². The Morgan fingerprint density at radius 1 is 1.26 bits per heavy atom. The van der Waals surface area contributed by atoms with Gasteiger partial charge in [-0.15, -0.1) is 0 Å². The lowest BCUT2D eigenvalue weighted by Crippen LogP contribution is -2.53. The summed E-state index contributed by atoms with van der Waals surface area (Å²) in [5, 5.41) is 12.6. The molecule has 0 atom stereocenters. The number of hydrogen-bond donors (Lipinski definition) is 2. The zero-order valence-electron chi connectivity index (χ0n) is 14.1. The molecule has 1 fully saturated rings. The molecule has 2 aliphatic rings. The number of likely N-dealkylation sites (N-methyl/N-ethyl adjacent to an activating group) is 1. The van der Waals surface area contributed by atoms with E-state index in [0.29, 0.717) is 12.1 Å². The third-order valence-electron chi connectivity index (χ3n) is 5.38. The molecule has 1 saturated carbocycles. The van der Waals surface area contributed by atoms with E-state index in [0.717, 1.165) is 25.9 Å². The minimum absolute atomic E-state index is 0.165. The van der Waals surface area contributed by atoms with Gasteiger partial charge in [-0.25, -0.2) is 0 Å². The van der Waals surface area contributed by atoms with E-state index in [9.17, 15) is 4.79 Å². The average molecular weight is 316 g/mol. The van der Waals surface area contributed by atoms with Crippen LogP contribution in [0.1, 0.15) is 49.3 Å². The molecule has 23 heavy (non-hydrogen) atoms. The van der Waals surface area contributed by atoms with E-state index in [1.54, 1.807) is 5.56 Å². The number of carbonyl (C=O) groups is 1. The Morgan fingerprint density at radius 3 is 2.70 bits per heavy atom. The summed E-state index contributed by atoms with van der Waals surface area (Å²) in [6.45, 7) is 3.94. The molecule has 0 radical (unpaired) electrons. The summed E-state index contributed by atoms with van der Waals surface area (Å²) in [5.41, 5.74) is 4.46. The summed E-state index contributed by atoms with van der Waals surface area (Å²) in [6.07, 6.45) is 7.25. The average Bonchev–Trinajstić information content (AvgIpc) is 2.51. The van der Waals surface area contributed by atoms with Gasteiger partial charge < -0.3 is 10.4 Å². The van der Waals surface area contributed by atoms with Gasteiger partial charge in [-0.2, -0.15) is 0 Å². The highest BCUT2D eigenvalue weighted by atomic mass is 16.4. The molecule has 1 aromatic carbocycles. The second kappa shape index (κ2) is 7.45. The number of nitrogens with one attached hydrogen (secondary N) is 1. The third-order valence-corrected chi connectivity index (χ3v) is 5.38. The maximum absolute atomic E-state index is 10.9. The lowest BCUT2D eigenvalue weighted by Gasteiger charge is -2.42. The molecular weight excluding hydrogens is 288 g/mol. The fourth-order valence-corrected chi connectivity index (χ4v) is 3.88. The van der Waals surface area contributed by atoms with Gasteiger partial charge in [0, 0.05) is 18.6 Å². The Kier molecular flexibility index (Phi) is 5.34. The predicted molar refractivity (Wildman–Crippen MR) is 91.6 cm³/mol. The summed E-state index contributed by atoms with van der Waals surface area (Å²) in [6, 6.07) is 7.90. The lowest BCUT2D eigenvalue weighted by molar-refractivity contribution is -0.139. The standard InChI is InChI=1S/C19H28N2O2/c1-2-21(13-19(22)23)18-10-17(11-18)20-12-14-7-8-15-5-3-4-6-16(15)9-14/h7-9,17-18,20H,2-6,10-13H2,1H3,(H,22,23). The van der Waals surface area contributed by atoms with Crippen LogP contribution in [0.15, 0.2) is 18.2 Å². The Bertz CT molecular complexity index is 552. The minimum atomic E-state index is -0.725. The molecule has 3 rings (SSSR count). The van der Waals surface area contributed by atoms with Crippen LogP contribution in [-0.4, -0.2) is 41.1 Å². The van der Waals surface area contributed by atoms with Gasteiger partial charge in [0.15, 0.2) is 0 Å². The molecular formula is C19H28N2O2. The fraction of sp³-hybridized carbons (Fsp3) is 0.632. The monoisotopic (exact) mass is 316 g/mol. The zero-order chi connectivity index (χ0) is 16.2.